The fourth-order valence-electron chi connectivity index (χ4n) is 1.79. The smallest absolute Gasteiger partial charge is 0.276 e. The summed E-state index contributed by atoms with van der Waals surface area (Å²) in [4.78, 5) is 16.2. The maximum absolute atomic E-state index is 12.2. The van der Waals surface area contributed by atoms with Gasteiger partial charge in [0.1, 0.15) is 5.69 Å². The molecular formula is C12H14ClN5O. The average molecular weight is 280 g/mol. The molecule has 1 amide bonds. The van der Waals surface area contributed by atoms with Crippen molar-refractivity contribution in [2.24, 2.45) is 7.05 Å². The minimum atomic E-state index is -0.362. The van der Waals surface area contributed by atoms with E-state index in [0.29, 0.717) is 22.8 Å². The van der Waals surface area contributed by atoms with Crippen LogP contribution < -0.4 is 11.1 Å². The zero-order valence-corrected chi connectivity index (χ0v) is 11.6. The Kier molecular flexibility index (Phi) is 3.44. The van der Waals surface area contributed by atoms with Crippen LogP contribution >= 0.6 is 11.6 Å². The summed E-state index contributed by atoms with van der Waals surface area (Å²) >= 11 is 5.97. The summed E-state index contributed by atoms with van der Waals surface area (Å²) in [6.45, 7) is 3.58. The van der Waals surface area contributed by atoms with Crippen LogP contribution in [-0.2, 0) is 7.05 Å². The molecule has 0 atom stereocenters. The molecule has 0 bridgehead atoms. The predicted octanol–water partition coefficient (Wildman–Crippen LogP) is 1.92. The average Bonchev–Trinajstić information content (AvgIpc) is 2.58. The molecule has 6 nitrogen and oxygen atoms in total. The number of halogens is 1. The van der Waals surface area contributed by atoms with Crippen LogP contribution in [-0.4, -0.2) is 20.7 Å². The van der Waals surface area contributed by atoms with Crippen molar-refractivity contribution in [1.29, 1.82) is 0 Å². The third-order valence-electron chi connectivity index (χ3n) is 2.84. The quantitative estimate of drug-likeness (QED) is 0.823. The van der Waals surface area contributed by atoms with Crippen LogP contribution in [0.5, 0.6) is 0 Å². The molecule has 0 aliphatic heterocycles. The van der Waals surface area contributed by atoms with Gasteiger partial charge >= 0.3 is 0 Å². The second kappa shape index (κ2) is 4.89. The zero-order chi connectivity index (χ0) is 14.2. The molecule has 7 heteroatoms. The van der Waals surface area contributed by atoms with Gasteiger partial charge in [0.2, 0.25) is 0 Å². The van der Waals surface area contributed by atoms with Gasteiger partial charge in [-0.1, -0.05) is 11.6 Å². The number of nitrogens with one attached hydrogen (secondary N) is 1. The zero-order valence-electron chi connectivity index (χ0n) is 10.9. The predicted molar refractivity (Wildman–Crippen MR) is 74.3 cm³/mol. The lowest BCUT2D eigenvalue weighted by Gasteiger charge is -2.10. The Labute approximate surface area is 115 Å². The van der Waals surface area contributed by atoms with Gasteiger partial charge in [0.15, 0.2) is 5.15 Å². The van der Waals surface area contributed by atoms with Crippen molar-refractivity contribution < 1.29 is 4.79 Å². The third kappa shape index (κ3) is 2.39. The highest BCUT2D eigenvalue weighted by molar-refractivity contribution is 6.33. The largest absolute Gasteiger partial charge is 0.395 e. The number of pyridine rings is 1. The number of nitrogens with zero attached hydrogens (tertiary/aromatic N) is 3. The lowest BCUT2D eigenvalue weighted by molar-refractivity contribution is 0.101. The van der Waals surface area contributed by atoms with Gasteiger partial charge in [0.25, 0.3) is 5.91 Å². The highest BCUT2D eigenvalue weighted by Crippen LogP contribution is 2.24. The van der Waals surface area contributed by atoms with Gasteiger partial charge in [-0.3, -0.25) is 9.48 Å². The van der Waals surface area contributed by atoms with Crippen LogP contribution in [0.2, 0.25) is 5.15 Å². The molecule has 0 spiro atoms. The van der Waals surface area contributed by atoms with Crippen LogP contribution in [0, 0.1) is 13.8 Å². The molecule has 19 heavy (non-hydrogen) atoms. The summed E-state index contributed by atoms with van der Waals surface area (Å²) in [6, 6.07) is 1.76. The maximum atomic E-state index is 12.2. The fraction of sp³-hybridized carbons (Fsp3) is 0.250. The number of nitrogen functional groups attached to an aromatic ring is 1. The van der Waals surface area contributed by atoms with Crippen molar-refractivity contribution in [1.82, 2.24) is 14.8 Å². The number of carbonyl (C=O) groups is 1. The molecule has 0 unspecified atom stereocenters. The number of hydrogen-bond donors (Lipinski definition) is 2. The summed E-state index contributed by atoms with van der Waals surface area (Å²) in [7, 11) is 1.66. The molecule has 3 N–H and O–H groups in total. The second-order valence-electron chi connectivity index (χ2n) is 4.22. The number of anilines is 2. The van der Waals surface area contributed by atoms with Crippen LogP contribution in [0.1, 0.15) is 21.7 Å². The molecule has 2 aromatic heterocycles. The molecule has 0 saturated heterocycles. The fourth-order valence-corrected chi connectivity index (χ4v) is 2.04. The van der Waals surface area contributed by atoms with Crippen molar-refractivity contribution in [3.8, 4) is 0 Å². The maximum Gasteiger partial charge on any atom is 0.276 e. The highest BCUT2D eigenvalue weighted by atomic mass is 35.5. The molecule has 0 aliphatic rings. The minimum absolute atomic E-state index is 0.241. The number of aromatic nitrogens is 3. The van der Waals surface area contributed by atoms with E-state index in [1.807, 2.05) is 6.92 Å². The first-order valence-electron chi connectivity index (χ1n) is 5.63. The second-order valence-corrected chi connectivity index (χ2v) is 4.58. The van der Waals surface area contributed by atoms with Crippen molar-refractivity contribution in [3.63, 3.8) is 0 Å². The van der Waals surface area contributed by atoms with Crippen molar-refractivity contribution in [3.05, 3.63) is 34.4 Å². The Morgan fingerprint density at radius 1 is 1.47 bits per heavy atom. The Bertz CT molecular complexity index is 630. The van der Waals surface area contributed by atoms with Crippen LogP contribution in [0.4, 0.5) is 11.4 Å². The van der Waals surface area contributed by atoms with E-state index < -0.39 is 0 Å². The van der Waals surface area contributed by atoms with Gasteiger partial charge in [0, 0.05) is 13.2 Å². The number of amides is 1. The molecule has 2 rings (SSSR count). The van der Waals surface area contributed by atoms with Crippen molar-refractivity contribution >= 4 is 28.9 Å². The number of nitrogens with two attached hydrogens (primary N) is 1. The van der Waals surface area contributed by atoms with E-state index in [-0.39, 0.29) is 11.1 Å². The van der Waals surface area contributed by atoms with Crippen molar-refractivity contribution in [2.45, 2.75) is 13.8 Å². The molecule has 0 aromatic carbocycles. The van der Waals surface area contributed by atoms with Gasteiger partial charge in [-0.15, -0.1) is 0 Å². The lowest BCUT2D eigenvalue weighted by atomic mass is 10.2. The van der Waals surface area contributed by atoms with Crippen LogP contribution in [0.15, 0.2) is 12.3 Å². The molecule has 0 radical (unpaired) electrons. The minimum Gasteiger partial charge on any atom is -0.395 e. The molecular weight excluding hydrogens is 266 g/mol. The van der Waals surface area contributed by atoms with Gasteiger partial charge < -0.3 is 11.1 Å². The summed E-state index contributed by atoms with van der Waals surface area (Å²) < 4.78 is 1.44. The SMILES string of the molecule is Cc1ccnc(Cl)c1NC(=O)c1c(N)c(C)nn1C. The summed E-state index contributed by atoms with van der Waals surface area (Å²) in [5.41, 5.74) is 8.42. The van der Waals surface area contributed by atoms with E-state index in [0.717, 1.165) is 5.56 Å². The monoisotopic (exact) mass is 279 g/mol. The van der Waals surface area contributed by atoms with E-state index in [1.165, 1.54) is 4.68 Å². The Hall–Kier alpha value is -2.08. The van der Waals surface area contributed by atoms with Crippen LogP contribution in [0.3, 0.4) is 0 Å². The summed E-state index contributed by atoms with van der Waals surface area (Å²) in [6.07, 6.45) is 1.58. The van der Waals surface area contributed by atoms with Gasteiger partial charge in [0.05, 0.1) is 17.1 Å². The first kappa shape index (κ1) is 13.4. The molecule has 0 saturated carbocycles. The lowest BCUT2D eigenvalue weighted by Crippen LogP contribution is -2.18. The number of aryl methyl sites for hydroxylation is 3. The van der Waals surface area contributed by atoms with Gasteiger partial charge in [-0.25, -0.2) is 4.98 Å². The van der Waals surface area contributed by atoms with Gasteiger partial charge in [-0.2, -0.15) is 5.10 Å². The Morgan fingerprint density at radius 2 is 2.16 bits per heavy atom. The number of carbonyl (C=O) groups excluding carboxylic acids is 1. The van der Waals surface area contributed by atoms with Gasteiger partial charge in [-0.05, 0) is 25.5 Å². The molecule has 0 fully saturated rings. The van der Waals surface area contributed by atoms with Crippen LogP contribution in [0.25, 0.3) is 0 Å². The van der Waals surface area contributed by atoms with E-state index in [4.69, 9.17) is 17.3 Å². The van der Waals surface area contributed by atoms with E-state index in [2.05, 4.69) is 15.4 Å². The molecule has 0 aliphatic carbocycles. The standard InChI is InChI=1S/C12H14ClN5O/c1-6-4-5-15-11(13)9(6)16-12(19)10-8(14)7(2)17-18(10)3/h4-5H,14H2,1-3H3,(H,16,19). The summed E-state index contributed by atoms with van der Waals surface area (Å²) in [5, 5.41) is 7.06. The molecule has 100 valence electrons. The first-order chi connectivity index (χ1) is 8.91. The van der Waals surface area contributed by atoms with Crippen molar-refractivity contribution in [2.75, 3.05) is 11.1 Å². The third-order valence-corrected chi connectivity index (χ3v) is 3.12. The summed E-state index contributed by atoms with van der Waals surface area (Å²) in [5.74, 6) is -0.362. The number of hydrogen-bond acceptors (Lipinski definition) is 4. The Balaban J connectivity index is 2.36. The molecule has 2 aromatic rings. The van der Waals surface area contributed by atoms with E-state index in [9.17, 15) is 4.79 Å². The molecule has 2 heterocycles. The normalized spacial score (nSPS) is 10.5. The Morgan fingerprint density at radius 3 is 2.68 bits per heavy atom. The topological polar surface area (TPSA) is 85.8 Å². The number of rotatable bonds is 2. The van der Waals surface area contributed by atoms with E-state index in [1.54, 1.807) is 26.2 Å². The highest BCUT2D eigenvalue weighted by Gasteiger charge is 2.19. The van der Waals surface area contributed by atoms with E-state index >= 15 is 0 Å². The first-order valence-corrected chi connectivity index (χ1v) is 6.01.